The average molecular weight is 362 g/mol. The van der Waals surface area contributed by atoms with Gasteiger partial charge in [0, 0.05) is 14.7 Å². The number of hydrogen-bond donors (Lipinski definition) is 0. The van der Waals surface area contributed by atoms with Crippen LogP contribution in [0.1, 0.15) is 46.7 Å². The number of ketones is 1. The van der Waals surface area contributed by atoms with Crippen LogP contribution in [0.4, 0.5) is 0 Å². The van der Waals surface area contributed by atoms with Crippen LogP contribution in [0, 0.1) is 3.57 Å². The van der Waals surface area contributed by atoms with Gasteiger partial charge in [0.1, 0.15) is 0 Å². The summed E-state index contributed by atoms with van der Waals surface area (Å²) < 4.78 is 1.09. The summed E-state index contributed by atoms with van der Waals surface area (Å²) >= 11 is 2.23. The zero-order valence-electron chi connectivity index (χ0n) is 10.6. The van der Waals surface area contributed by atoms with Crippen molar-refractivity contribution in [3.05, 3.63) is 68.8 Å². The Morgan fingerprint density at radius 3 is 2.32 bits per heavy atom. The van der Waals surface area contributed by atoms with Gasteiger partial charge in [0.25, 0.3) is 0 Å². The molecule has 0 spiro atoms. The lowest BCUT2D eigenvalue weighted by Gasteiger charge is -2.25. The molecule has 0 bridgehead atoms. The Bertz CT molecular complexity index is 597. The highest BCUT2D eigenvalue weighted by molar-refractivity contribution is 14.1. The number of hydrogen-bond acceptors (Lipinski definition) is 1. The van der Waals surface area contributed by atoms with E-state index < -0.39 is 0 Å². The van der Waals surface area contributed by atoms with Crippen LogP contribution < -0.4 is 0 Å². The minimum atomic E-state index is 0.110. The standard InChI is InChI=1S/C17H15IO/c18-16-6-2-5-15(11-16)17(19)14-9-7-13(8-10-14)12-3-1-4-12/h2,5-12H,1,3-4H2. The molecule has 1 nitrogen and oxygen atoms in total. The highest BCUT2D eigenvalue weighted by Crippen LogP contribution is 2.36. The van der Waals surface area contributed by atoms with Crippen LogP contribution in [0.3, 0.4) is 0 Å². The topological polar surface area (TPSA) is 17.1 Å². The fourth-order valence-corrected chi connectivity index (χ4v) is 2.99. The molecule has 1 fully saturated rings. The molecule has 0 aromatic heterocycles. The highest BCUT2D eigenvalue weighted by Gasteiger charge is 2.19. The van der Waals surface area contributed by atoms with E-state index in [1.165, 1.54) is 24.8 Å². The quantitative estimate of drug-likeness (QED) is 0.567. The molecule has 2 aromatic carbocycles. The summed E-state index contributed by atoms with van der Waals surface area (Å²) in [5.41, 5.74) is 2.93. The van der Waals surface area contributed by atoms with Gasteiger partial charge in [0.15, 0.2) is 5.78 Å². The van der Waals surface area contributed by atoms with E-state index in [-0.39, 0.29) is 5.78 Å². The Balaban J connectivity index is 1.83. The summed E-state index contributed by atoms with van der Waals surface area (Å²) in [7, 11) is 0. The predicted octanol–water partition coefficient (Wildman–Crippen LogP) is 4.79. The number of rotatable bonds is 3. The maximum atomic E-state index is 12.4. The monoisotopic (exact) mass is 362 g/mol. The summed E-state index contributed by atoms with van der Waals surface area (Å²) in [5, 5.41) is 0. The maximum Gasteiger partial charge on any atom is 0.193 e. The Kier molecular flexibility index (Phi) is 3.69. The number of halogens is 1. The Morgan fingerprint density at radius 1 is 1.00 bits per heavy atom. The normalized spacial score (nSPS) is 15.0. The molecule has 1 aliphatic rings. The van der Waals surface area contributed by atoms with Gasteiger partial charge >= 0.3 is 0 Å². The van der Waals surface area contributed by atoms with E-state index >= 15 is 0 Å². The minimum Gasteiger partial charge on any atom is -0.289 e. The Labute approximate surface area is 127 Å². The molecule has 96 valence electrons. The van der Waals surface area contributed by atoms with E-state index in [4.69, 9.17) is 0 Å². The lowest BCUT2D eigenvalue weighted by atomic mass is 9.80. The molecule has 2 heteroatoms. The fraction of sp³-hybridized carbons (Fsp3) is 0.235. The fourth-order valence-electron chi connectivity index (χ4n) is 2.44. The van der Waals surface area contributed by atoms with Crippen LogP contribution in [0.15, 0.2) is 48.5 Å². The molecule has 0 N–H and O–H groups in total. The van der Waals surface area contributed by atoms with Crippen molar-refractivity contribution in [1.82, 2.24) is 0 Å². The summed E-state index contributed by atoms with van der Waals surface area (Å²) in [6.07, 6.45) is 3.93. The van der Waals surface area contributed by atoms with E-state index in [2.05, 4.69) is 34.7 Å². The third kappa shape index (κ3) is 2.73. The molecule has 1 saturated carbocycles. The van der Waals surface area contributed by atoms with Crippen molar-refractivity contribution < 1.29 is 4.79 Å². The number of benzene rings is 2. The van der Waals surface area contributed by atoms with Gasteiger partial charge in [-0.25, -0.2) is 0 Å². The molecule has 2 aromatic rings. The van der Waals surface area contributed by atoms with Gasteiger partial charge in [0.05, 0.1) is 0 Å². The first-order valence-corrected chi connectivity index (χ1v) is 7.72. The second-order valence-electron chi connectivity index (χ2n) is 5.09. The summed E-state index contributed by atoms with van der Waals surface area (Å²) in [6.45, 7) is 0. The second kappa shape index (κ2) is 5.45. The zero-order chi connectivity index (χ0) is 13.2. The van der Waals surface area contributed by atoms with Crippen molar-refractivity contribution in [3.63, 3.8) is 0 Å². The molecule has 0 atom stereocenters. The predicted molar refractivity (Wildman–Crippen MR) is 85.6 cm³/mol. The lowest BCUT2D eigenvalue weighted by Crippen LogP contribution is -2.09. The van der Waals surface area contributed by atoms with Crippen LogP contribution >= 0.6 is 22.6 Å². The van der Waals surface area contributed by atoms with Gasteiger partial charge in [-0.1, -0.05) is 42.8 Å². The SMILES string of the molecule is O=C(c1ccc(C2CCC2)cc1)c1cccc(I)c1. The van der Waals surface area contributed by atoms with Crippen LogP contribution in [-0.4, -0.2) is 5.78 Å². The van der Waals surface area contributed by atoms with Crippen LogP contribution in [-0.2, 0) is 0 Å². The van der Waals surface area contributed by atoms with E-state index in [0.29, 0.717) is 0 Å². The van der Waals surface area contributed by atoms with Gasteiger partial charge in [0.2, 0.25) is 0 Å². The van der Waals surface area contributed by atoms with Crippen LogP contribution in [0.5, 0.6) is 0 Å². The smallest absolute Gasteiger partial charge is 0.193 e. The summed E-state index contributed by atoms with van der Waals surface area (Å²) in [6, 6.07) is 15.9. The molecule has 0 heterocycles. The Hall–Kier alpha value is -1.16. The van der Waals surface area contributed by atoms with Gasteiger partial charge in [-0.05, 0) is 59.0 Å². The third-order valence-electron chi connectivity index (χ3n) is 3.84. The first-order chi connectivity index (χ1) is 9.24. The van der Waals surface area contributed by atoms with Gasteiger partial charge in [-0.15, -0.1) is 0 Å². The van der Waals surface area contributed by atoms with Crippen molar-refractivity contribution >= 4 is 28.4 Å². The van der Waals surface area contributed by atoms with Gasteiger partial charge in [-0.2, -0.15) is 0 Å². The van der Waals surface area contributed by atoms with E-state index in [1.807, 2.05) is 36.4 Å². The molecule has 0 amide bonds. The van der Waals surface area contributed by atoms with Gasteiger partial charge in [-0.3, -0.25) is 4.79 Å². The molecule has 0 radical (unpaired) electrons. The van der Waals surface area contributed by atoms with Crippen molar-refractivity contribution in [2.75, 3.05) is 0 Å². The lowest BCUT2D eigenvalue weighted by molar-refractivity contribution is 0.103. The zero-order valence-corrected chi connectivity index (χ0v) is 12.8. The van der Waals surface area contributed by atoms with Crippen LogP contribution in [0.2, 0.25) is 0 Å². The molecule has 0 aliphatic heterocycles. The molecular weight excluding hydrogens is 347 g/mol. The highest BCUT2D eigenvalue weighted by atomic mass is 127. The van der Waals surface area contributed by atoms with Crippen LogP contribution in [0.25, 0.3) is 0 Å². The van der Waals surface area contributed by atoms with E-state index in [0.717, 1.165) is 20.6 Å². The Morgan fingerprint density at radius 2 is 1.74 bits per heavy atom. The average Bonchev–Trinajstić information content (AvgIpc) is 2.37. The molecule has 19 heavy (non-hydrogen) atoms. The van der Waals surface area contributed by atoms with E-state index in [9.17, 15) is 4.79 Å². The molecule has 0 unspecified atom stereocenters. The van der Waals surface area contributed by atoms with Gasteiger partial charge < -0.3 is 0 Å². The molecular formula is C17H15IO. The molecule has 1 aliphatic carbocycles. The maximum absolute atomic E-state index is 12.4. The van der Waals surface area contributed by atoms with Crippen molar-refractivity contribution in [1.29, 1.82) is 0 Å². The first-order valence-electron chi connectivity index (χ1n) is 6.64. The van der Waals surface area contributed by atoms with Crippen molar-refractivity contribution in [3.8, 4) is 0 Å². The first kappa shape index (κ1) is 12.9. The van der Waals surface area contributed by atoms with Crippen molar-refractivity contribution in [2.45, 2.75) is 25.2 Å². The van der Waals surface area contributed by atoms with Crippen molar-refractivity contribution in [2.24, 2.45) is 0 Å². The molecule has 3 rings (SSSR count). The second-order valence-corrected chi connectivity index (χ2v) is 6.33. The summed E-state index contributed by atoms with van der Waals surface area (Å²) in [4.78, 5) is 12.4. The van der Waals surface area contributed by atoms with E-state index in [1.54, 1.807) is 0 Å². The third-order valence-corrected chi connectivity index (χ3v) is 4.51. The minimum absolute atomic E-state index is 0.110. The summed E-state index contributed by atoms with van der Waals surface area (Å²) in [5.74, 6) is 0.834. The molecule has 0 saturated heterocycles. The number of carbonyl (C=O) groups is 1. The largest absolute Gasteiger partial charge is 0.289 e. The number of carbonyl (C=O) groups excluding carboxylic acids is 1.